The van der Waals surface area contributed by atoms with E-state index in [4.69, 9.17) is 14.6 Å². The summed E-state index contributed by atoms with van der Waals surface area (Å²) in [6, 6.07) is 3.88. The van der Waals surface area contributed by atoms with E-state index in [9.17, 15) is 14.0 Å². The van der Waals surface area contributed by atoms with Gasteiger partial charge < -0.3 is 19.9 Å². The summed E-state index contributed by atoms with van der Waals surface area (Å²) in [5, 5.41) is 11.5. The van der Waals surface area contributed by atoms with Crippen molar-refractivity contribution in [2.75, 3.05) is 20.8 Å². The van der Waals surface area contributed by atoms with Gasteiger partial charge in [-0.2, -0.15) is 0 Å². The number of aliphatic carboxylic acids is 1. The van der Waals surface area contributed by atoms with Gasteiger partial charge in [0.25, 0.3) is 0 Å². The summed E-state index contributed by atoms with van der Waals surface area (Å²) in [7, 11) is 2.84. The van der Waals surface area contributed by atoms with Crippen molar-refractivity contribution in [3.63, 3.8) is 0 Å². The van der Waals surface area contributed by atoms with Crippen LogP contribution >= 0.6 is 0 Å². The first-order valence-corrected chi connectivity index (χ1v) is 6.64. The van der Waals surface area contributed by atoms with Gasteiger partial charge in [-0.25, -0.2) is 4.39 Å². The van der Waals surface area contributed by atoms with Gasteiger partial charge in [-0.3, -0.25) is 9.59 Å². The van der Waals surface area contributed by atoms with Gasteiger partial charge >= 0.3 is 5.97 Å². The lowest BCUT2D eigenvalue weighted by Gasteiger charge is -2.28. The molecule has 0 saturated heterocycles. The molecular weight excluding hydrogens is 293 g/mol. The Bertz CT molecular complexity index is 549. The predicted molar refractivity (Wildman–Crippen MR) is 77.3 cm³/mol. The standard InChI is InChI=1S/C15H20FNO5/c1-15(9-21-2,8-14(19)20)17-13(18)7-10-6-11(16)4-5-12(10)22-3/h4-6H,7-9H2,1-3H3,(H,17,18)(H,19,20). The van der Waals surface area contributed by atoms with E-state index in [1.807, 2.05) is 0 Å². The highest BCUT2D eigenvalue weighted by molar-refractivity contribution is 5.81. The minimum Gasteiger partial charge on any atom is -0.496 e. The first-order chi connectivity index (χ1) is 10.3. The number of hydrogen-bond acceptors (Lipinski definition) is 4. The summed E-state index contributed by atoms with van der Waals surface area (Å²) in [4.78, 5) is 23.0. The molecule has 0 spiro atoms. The number of methoxy groups -OCH3 is 2. The molecule has 1 atom stereocenters. The fourth-order valence-corrected chi connectivity index (χ4v) is 2.22. The molecule has 0 bridgehead atoms. The van der Waals surface area contributed by atoms with Crippen LogP contribution in [-0.4, -0.2) is 43.3 Å². The van der Waals surface area contributed by atoms with E-state index in [0.29, 0.717) is 11.3 Å². The number of carboxylic acids is 1. The Morgan fingerprint density at radius 3 is 2.59 bits per heavy atom. The average Bonchev–Trinajstić information content (AvgIpc) is 2.37. The van der Waals surface area contributed by atoms with Gasteiger partial charge in [0, 0.05) is 12.7 Å². The summed E-state index contributed by atoms with van der Waals surface area (Å²) < 4.78 is 23.3. The van der Waals surface area contributed by atoms with Crippen LogP contribution < -0.4 is 10.1 Å². The Balaban J connectivity index is 2.83. The van der Waals surface area contributed by atoms with E-state index in [1.165, 1.54) is 32.4 Å². The first kappa shape index (κ1) is 17.9. The van der Waals surface area contributed by atoms with E-state index in [0.717, 1.165) is 0 Å². The molecular formula is C15H20FNO5. The van der Waals surface area contributed by atoms with Gasteiger partial charge in [0.15, 0.2) is 0 Å². The average molecular weight is 313 g/mol. The summed E-state index contributed by atoms with van der Waals surface area (Å²) >= 11 is 0. The fourth-order valence-electron chi connectivity index (χ4n) is 2.22. The van der Waals surface area contributed by atoms with Crippen LogP contribution in [0.25, 0.3) is 0 Å². The van der Waals surface area contributed by atoms with Crippen LogP contribution in [0.3, 0.4) is 0 Å². The minimum atomic E-state index is -1.05. The van der Waals surface area contributed by atoms with Gasteiger partial charge in [0.1, 0.15) is 11.6 Å². The first-order valence-electron chi connectivity index (χ1n) is 6.64. The van der Waals surface area contributed by atoms with Crippen LogP contribution in [0.5, 0.6) is 5.75 Å². The third kappa shape index (κ3) is 5.33. The molecule has 0 aliphatic carbocycles. The molecule has 6 nitrogen and oxygen atoms in total. The number of hydrogen-bond donors (Lipinski definition) is 2. The van der Waals surface area contributed by atoms with Crippen molar-refractivity contribution in [1.29, 1.82) is 0 Å². The van der Waals surface area contributed by atoms with E-state index >= 15 is 0 Å². The SMILES string of the molecule is COCC(C)(CC(=O)O)NC(=O)Cc1cc(F)ccc1OC. The molecule has 0 aromatic heterocycles. The highest BCUT2D eigenvalue weighted by Crippen LogP contribution is 2.20. The van der Waals surface area contributed by atoms with Crippen molar-refractivity contribution in [2.24, 2.45) is 0 Å². The fraction of sp³-hybridized carbons (Fsp3) is 0.467. The van der Waals surface area contributed by atoms with Crippen LogP contribution in [0.4, 0.5) is 4.39 Å². The molecule has 1 rings (SSSR count). The zero-order valence-electron chi connectivity index (χ0n) is 12.8. The van der Waals surface area contributed by atoms with Crippen molar-refractivity contribution >= 4 is 11.9 Å². The van der Waals surface area contributed by atoms with Crippen LogP contribution in [0.1, 0.15) is 18.9 Å². The molecule has 1 amide bonds. The zero-order valence-corrected chi connectivity index (χ0v) is 12.8. The largest absolute Gasteiger partial charge is 0.496 e. The topological polar surface area (TPSA) is 84.9 Å². The molecule has 0 heterocycles. The Hall–Kier alpha value is -2.15. The second kappa shape index (κ2) is 7.74. The smallest absolute Gasteiger partial charge is 0.305 e. The number of rotatable bonds is 8. The number of amides is 1. The molecule has 0 aliphatic rings. The van der Waals surface area contributed by atoms with Crippen molar-refractivity contribution in [3.05, 3.63) is 29.6 Å². The van der Waals surface area contributed by atoms with Crippen LogP contribution in [0, 0.1) is 5.82 Å². The summed E-state index contributed by atoms with van der Waals surface area (Å²) in [6.45, 7) is 1.62. The molecule has 0 radical (unpaired) electrons. The van der Waals surface area contributed by atoms with Gasteiger partial charge in [-0.1, -0.05) is 0 Å². The van der Waals surface area contributed by atoms with Crippen LogP contribution in [0.15, 0.2) is 18.2 Å². The van der Waals surface area contributed by atoms with Crippen LogP contribution in [0.2, 0.25) is 0 Å². The second-order valence-electron chi connectivity index (χ2n) is 5.25. The maximum absolute atomic E-state index is 13.3. The molecule has 22 heavy (non-hydrogen) atoms. The van der Waals surface area contributed by atoms with Crippen molar-refractivity contribution < 1.29 is 28.6 Å². The number of nitrogens with one attached hydrogen (secondary N) is 1. The Kier molecular flexibility index (Phi) is 6.30. The molecule has 122 valence electrons. The molecule has 0 saturated carbocycles. The number of benzene rings is 1. The normalized spacial score (nSPS) is 13.3. The molecule has 1 aromatic rings. The second-order valence-corrected chi connectivity index (χ2v) is 5.25. The third-order valence-corrected chi connectivity index (χ3v) is 3.04. The molecule has 1 aromatic carbocycles. The molecule has 0 fully saturated rings. The summed E-state index contributed by atoms with van der Waals surface area (Å²) in [5.74, 6) is -1.58. The molecule has 2 N–H and O–H groups in total. The lowest BCUT2D eigenvalue weighted by atomic mass is 9.98. The quantitative estimate of drug-likeness (QED) is 0.757. The maximum Gasteiger partial charge on any atom is 0.305 e. The zero-order chi connectivity index (χ0) is 16.8. The predicted octanol–water partition coefficient (Wildman–Crippen LogP) is 1.37. The Morgan fingerprint density at radius 1 is 1.36 bits per heavy atom. The van der Waals surface area contributed by atoms with E-state index in [1.54, 1.807) is 6.92 Å². The van der Waals surface area contributed by atoms with E-state index in [2.05, 4.69) is 5.32 Å². The van der Waals surface area contributed by atoms with Crippen molar-refractivity contribution in [3.8, 4) is 5.75 Å². The number of ether oxygens (including phenoxy) is 2. The summed E-state index contributed by atoms with van der Waals surface area (Å²) in [6.07, 6.45) is -0.410. The van der Waals surface area contributed by atoms with Gasteiger partial charge in [0.05, 0.1) is 32.1 Å². The lowest BCUT2D eigenvalue weighted by molar-refractivity contribution is -0.139. The highest BCUT2D eigenvalue weighted by atomic mass is 19.1. The third-order valence-electron chi connectivity index (χ3n) is 3.04. The number of carbonyl (C=O) groups is 2. The molecule has 1 unspecified atom stereocenters. The van der Waals surface area contributed by atoms with E-state index < -0.39 is 23.2 Å². The van der Waals surface area contributed by atoms with Crippen molar-refractivity contribution in [2.45, 2.75) is 25.3 Å². The summed E-state index contributed by atoms with van der Waals surface area (Å²) in [5.41, 5.74) is -0.659. The minimum absolute atomic E-state index is 0.0470. The Labute approximate surface area is 128 Å². The molecule has 7 heteroatoms. The van der Waals surface area contributed by atoms with Gasteiger partial charge in [0.2, 0.25) is 5.91 Å². The number of carbonyl (C=O) groups excluding carboxylic acids is 1. The van der Waals surface area contributed by atoms with E-state index in [-0.39, 0.29) is 19.4 Å². The Morgan fingerprint density at radius 2 is 2.05 bits per heavy atom. The monoisotopic (exact) mass is 313 g/mol. The lowest BCUT2D eigenvalue weighted by Crippen LogP contribution is -2.51. The van der Waals surface area contributed by atoms with Crippen LogP contribution in [-0.2, 0) is 20.7 Å². The highest BCUT2D eigenvalue weighted by Gasteiger charge is 2.29. The van der Waals surface area contributed by atoms with Crippen molar-refractivity contribution in [1.82, 2.24) is 5.32 Å². The number of carboxylic acid groups (broad SMARTS) is 1. The van der Waals surface area contributed by atoms with Gasteiger partial charge in [-0.05, 0) is 25.1 Å². The number of halogens is 1. The molecule has 0 aliphatic heterocycles. The maximum atomic E-state index is 13.3. The van der Waals surface area contributed by atoms with Gasteiger partial charge in [-0.15, -0.1) is 0 Å².